The van der Waals surface area contributed by atoms with Gasteiger partial charge in [-0.15, -0.1) is 23.1 Å². The van der Waals surface area contributed by atoms with Crippen LogP contribution in [0.5, 0.6) is 0 Å². The number of hydrogen-bond acceptors (Lipinski definition) is 6. The van der Waals surface area contributed by atoms with Crippen LogP contribution in [-0.2, 0) is 9.53 Å². The van der Waals surface area contributed by atoms with Gasteiger partial charge in [0.2, 0.25) is 5.91 Å². The predicted molar refractivity (Wildman–Crippen MR) is 101 cm³/mol. The third-order valence-electron chi connectivity index (χ3n) is 3.46. The van der Waals surface area contributed by atoms with E-state index < -0.39 is 23.5 Å². The van der Waals surface area contributed by atoms with Crippen molar-refractivity contribution in [1.29, 1.82) is 0 Å². The fourth-order valence-corrected chi connectivity index (χ4v) is 4.09. The van der Waals surface area contributed by atoms with Crippen LogP contribution in [0.25, 0.3) is 0 Å². The van der Waals surface area contributed by atoms with Crippen molar-refractivity contribution in [1.82, 2.24) is 0 Å². The number of nitrogens with one attached hydrogen (secondary N) is 1. The zero-order valence-electron chi connectivity index (χ0n) is 14.9. The molecule has 2 aromatic rings. The Bertz CT molecular complexity index is 896. The highest BCUT2D eigenvalue weighted by molar-refractivity contribution is 8.00. The molecule has 0 saturated heterocycles. The topological polar surface area (TPSA) is 72.5 Å². The Hall–Kier alpha value is -2.26. The zero-order valence-corrected chi connectivity index (χ0v) is 16.5. The number of rotatable bonds is 7. The molecule has 0 aliphatic heterocycles. The molecule has 144 valence electrons. The predicted octanol–water partition coefficient (Wildman–Crippen LogP) is 4.44. The van der Waals surface area contributed by atoms with Crippen LogP contribution in [0.1, 0.15) is 39.4 Å². The van der Waals surface area contributed by atoms with E-state index in [0.717, 1.165) is 35.2 Å². The molecule has 0 saturated carbocycles. The standard InChI is InChI=1S/C18H17F2NO4S2/c1-4-25-18(24)15-9(2)16(10(3)22)27-17(15)21-14(23)8-26-11-5-6-12(19)13(20)7-11/h5-7H,4,8H2,1-3H3,(H,21,23). The quantitative estimate of drug-likeness (QED) is 0.413. The molecule has 2 rings (SSSR count). The molecule has 1 amide bonds. The molecule has 0 unspecified atom stereocenters. The minimum absolute atomic E-state index is 0.0836. The normalized spacial score (nSPS) is 10.6. The summed E-state index contributed by atoms with van der Waals surface area (Å²) in [6.07, 6.45) is 0. The van der Waals surface area contributed by atoms with E-state index in [1.54, 1.807) is 13.8 Å². The number of benzene rings is 1. The molecule has 9 heteroatoms. The van der Waals surface area contributed by atoms with Crippen LogP contribution >= 0.6 is 23.1 Å². The lowest BCUT2D eigenvalue weighted by molar-refractivity contribution is -0.113. The highest BCUT2D eigenvalue weighted by Crippen LogP contribution is 2.34. The molecule has 0 aliphatic carbocycles. The average Bonchev–Trinajstić information content (AvgIpc) is 2.92. The number of ether oxygens (including phenoxy) is 1. The van der Waals surface area contributed by atoms with Crippen LogP contribution in [0.15, 0.2) is 23.1 Å². The number of esters is 1. The van der Waals surface area contributed by atoms with E-state index >= 15 is 0 Å². The Kier molecular flexibility index (Phi) is 7.09. The fourth-order valence-electron chi connectivity index (χ4n) is 2.26. The molecule has 1 N–H and O–H groups in total. The van der Waals surface area contributed by atoms with Crippen molar-refractivity contribution in [2.24, 2.45) is 0 Å². The maximum atomic E-state index is 13.2. The maximum absolute atomic E-state index is 13.2. The Balaban J connectivity index is 2.16. The summed E-state index contributed by atoms with van der Waals surface area (Å²) in [4.78, 5) is 36.9. The first-order chi connectivity index (χ1) is 12.7. The molecule has 5 nitrogen and oxygen atoms in total. The van der Waals surface area contributed by atoms with Gasteiger partial charge in [0.05, 0.1) is 22.8 Å². The molecule has 0 aliphatic rings. The number of hydrogen-bond donors (Lipinski definition) is 1. The molecule has 0 radical (unpaired) electrons. The van der Waals surface area contributed by atoms with Crippen LogP contribution in [-0.4, -0.2) is 30.0 Å². The molecule has 1 aromatic carbocycles. The summed E-state index contributed by atoms with van der Waals surface area (Å²) in [5.74, 6) is -3.34. The van der Waals surface area contributed by atoms with E-state index in [9.17, 15) is 23.2 Å². The van der Waals surface area contributed by atoms with E-state index in [1.165, 1.54) is 13.0 Å². The van der Waals surface area contributed by atoms with Crippen molar-refractivity contribution in [3.8, 4) is 0 Å². The second-order valence-electron chi connectivity index (χ2n) is 5.45. The molecule has 0 atom stereocenters. The molecule has 1 aromatic heterocycles. The monoisotopic (exact) mass is 413 g/mol. The van der Waals surface area contributed by atoms with Crippen LogP contribution in [0.3, 0.4) is 0 Å². The molecule has 27 heavy (non-hydrogen) atoms. The number of carbonyl (C=O) groups is 3. The zero-order chi connectivity index (χ0) is 20.1. The van der Waals surface area contributed by atoms with Gasteiger partial charge in [0, 0.05) is 4.90 Å². The number of Topliss-reactive ketones (excluding diaryl/α,β-unsaturated/α-hetero) is 1. The average molecular weight is 413 g/mol. The highest BCUT2D eigenvalue weighted by Gasteiger charge is 2.25. The Morgan fingerprint density at radius 2 is 1.93 bits per heavy atom. The van der Waals surface area contributed by atoms with Gasteiger partial charge in [-0.25, -0.2) is 13.6 Å². The molecular formula is C18H17F2NO4S2. The van der Waals surface area contributed by atoms with E-state index in [2.05, 4.69) is 5.32 Å². The summed E-state index contributed by atoms with van der Waals surface area (Å²) in [6.45, 7) is 4.80. The van der Waals surface area contributed by atoms with Crippen molar-refractivity contribution in [2.45, 2.75) is 25.7 Å². The highest BCUT2D eigenvalue weighted by atomic mass is 32.2. The molecule has 1 heterocycles. The van der Waals surface area contributed by atoms with Gasteiger partial charge in [-0.05, 0) is 44.5 Å². The number of halogens is 2. The number of thiophene rings is 1. The number of anilines is 1. The van der Waals surface area contributed by atoms with Gasteiger partial charge in [0.25, 0.3) is 0 Å². The van der Waals surface area contributed by atoms with Crippen LogP contribution in [0, 0.1) is 18.6 Å². The minimum atomic E-state index is -0.995. The van der Waals surface area contributed by atoms with Gasteiger partial charge >= 0.3 is 5.97 Å². The van der Waals surface area contributed by atoms with Crippen LogP contribution in [0.2, 0.25) is 0 Å². The van der Waals surface area contributed by atoms with Crippen molar-refractivity contribution < 1.29 is 27.9 Å². The number of carbonyl (C=O) groups excluding carboxylic acids is 3. The summed E-state index contributed by atoms with van der Waals surface area (Å²) < 4.78 is 31.2. The van der Waals surface area contributed by atoms with Crippen molar-refractivity contribution >= 4 is 45.8 Å². The Morgan fingerprint density at radius 3 is 2.52 bits per heavy atom. The Morgan fingerprint density at radius 1 is 1.22 bits per heavy atom. The number of amides is 1. The number of ketones is 1. The van der Waals surface area contributed by atoms with E-state index in [-0.39, 0.29) is 28.7 Å². The number of thioether (sulfide) groups is 1. The van der Waals surface area contributed by atoms with Gasteiger partial charge in [0.15, 0.2) is 17.4 Å². The van der Waals surface area contributed by atoms with Crippen LogP contribution < -0.4 is 5.32 Å². The molecular weight excluding hydrogens is 396 g/mol. The smallest absolute Gasteiger partial charge is 0.341 e. The molecule has 0 fully saturated rings. The van der Waals surface area contributed by atoms with Crippen molar-refractivity contribution in [2.75, 3.05) is 17.7 Å². The first kappa shape index (κ1) is 21.0. The van der Waals surface area contributed by atoms with Crippen molar-refractivity contribution in [3.63, 3.8) is 0 Å². The minimum Gasteiger partial charge on any atom is -0.462 e. The molecule has 0 spiro atoms. The summed E-state index contributed by atoms with van der Waals surface area (Å²) in [5.41, 5.74) is 0.604. The first-order valence-corrected chi connectivity index (χ1v) is 9.73. The largest absolute Gasteiger partial charge is 0.462 e. The fraction of sp³-hybridized carbons (Fsp3) is 0.278. The lowest BCUT2D eigenvalue weighted by Gasteiger charge is -2.07. The van der Waals surface area contributed by atoms with E-state index in [4.69, 9.17) is 4.74 Å². The SMILES string of the molecule is CCOC(=O)c1c(NC(=O)CSc2ccc(F)c(F)c2)sc(C(C)=O)c1C. The van der Waals surface area contributed by atoms with E-state index in [0.29, 0.717) is 15.3 Å². The van der Waals surface area contributed by atoms with Gasteiger partial charge < -0.3 is 10.1 Å². The summed E-state index contributed by atoms with van der Waals surface area (Å²) in [5, 5.41) is 2.83. The van der Waals surface area contributed by atoms with Crippen molar-refractivity contribution in [3.05, 3.63) is 45.8 Å². The second kappa shape index (κ2) is 9.09. The van der Waals surface area contributed by atoms with E-state index in [1.807, 2.05) is 0 Å². The second-order valence-corrected chi connectivity index (χ2v) is 7.52. The van der Waals surface area contributed by atoms with Gasteiger partial charge in [-0.2, -0.15) is 0 Å². The Labute approximate surface area is 163 Å². The maximum Gasteiger partial charge on any atom is 0.341 e. The first-order valence-electron chi connectivity index (χ1n) is 7.93. The van der Waals surface area contributed by atoms with Crippen LogP contribution in [0.4, 0.5) is 13.8 Å². The third-order valence-corrected chi connectivity index (χ3v) is 5.76. The van der Waals surface area contributed by atoms with Gasteiger partial charge in [-0.3, -0.25) is 9.59 Å². The molecule has 0 bridgehead atoms. The lowest BCUT2D eigenvalue weighted by Crippen LogP contribution is -2.16. The summed E-state index contributed by atoms with van der Waals surface area (Å²) in [6, 6.07) is 3.35. The lowest BCUT2D eigenvalue weighted by atomic mass is 10.1. The van der Waals surface area contributed by atoms with Gasteiger partial charge in [-0.1, -0.05) is 0 Å². The summed E-state index contributed by atoms with van der Waals surface area (Å²) >= 11 is 2.02. The van der Waals surface area contributed by atoms with Gasteiger partial charge in [0.1, 0.15) is 5.00 Å². The summed E-state index contributed by atoms with van der Waals surface area (Å²) in [7, 11) is 0. The third kappa shape index (κ3) is 5.14.